The lowest BCUT2D eigenvalue weighted by molar-refractivity contribution is -0.150. The van der Waals surface area contributed by atoms with Crippen molar-refractivity contribution in [3.63, 3.8) is 0 Å². The number of nitrogens with one attached hydrogen (secondary N) is 1. The zero-order chi connectivity index (χ0) is 14.0. The first-order valence-corrected chi connectivity index (χ1v) is 8.15. The predicted octanol–water partition coefficient (Wildman–Crippen LogP) is 3.09. The van der Waals surface area contributed by atoms with Gasteiger partial charge in [0.05, 0.1) is 6.61 Å². The molecule has 18 heavy (non-hydrogen) atoms. The molecular weight excluding hydrogens is 246 g/mol. The normalized spacial score (nSPS) is 16.1. The van der Waals surface area contributed by atoms with E-state index in [1.54, 1.807) is 0 Å². The smallest absolute Gasteiger partial charge is 0.326 e. The zero-order valence-electron chi connectivity index (χ0n) is 12.5. The highest BCUT2D eigenvalue weighted by molar-refractivity contribution is 7.99. The highest BCUT2D eigenvalue weighted by Gasteiger charge is 2.33. The highest BCUT2D eigenvalue weighted by atomic mass is 32.2. The number of hydrogen-bond acceptors (Lipinski definition) is 4. The molecule has 0 radical (unpaired) electrons. The summed E-state index contributed by atoms with van der Waals surface area (Å²) in [5.41, 5.74) is -0.535. The third-order valence-corrected chi connectivity index (χ3v) is 4.44. The van der Waals surface area contributed by atoms with Crippen molar-refractivity contribution in [1.82, 2.24) is 5.32 Å². The summed E-state index contributed by atoms with van der Waals surface area (Å²) in [6.07, 6.45) is 2.04. The van der Waals surface area contributed by atoms with Gasteiger partial charge in [0.25, 0.3) is 0 Å². The third kappa shape index (κ3) is 6.64. The fourth-order valence-electron chi connectivity index (χ4n) is 1.62. The maximum absolute atomic E-state index is 11.9. The first-order valence-electron chi connectivity index (χ1n) is 7.00. The van der Waals surface area contributed by atoms with Crippen molar-refractivity contribution in [3.8, 4) is 0 Å². The van der Waals surface area contributed by atoms with E-state index >= 15 is 0 Å². The molecule has 0 aliphatic carbocycles. The lowest BCUT2D eigenvalue weighted by Gasteiger charge is -2.28. The van der Waals surface area contributed by atoms with E-state index in [0.29, 0.717) is 6.61 Å². The molecule has 0 bridgehead atoms. The van der Waals surface area contributed by atoms with Gasteiger partial charge in [0, 0.05) is 0 Å². The molecule has 2 atom stereocenters. The molecule has 0 heterocycles. The molecule has 0 fully saturated rings. The molecule has 2 unspecified atom stereocenters. The maximum Gasteiger partial charge on any atom is 0.326 e. The summed E-state index contributed by atoms with van der Waals surface area (Å²) in [6, 6.07) is 0. The van der Waals surface area contributed by atoms with Crippen molar-refractivity contribution in [2.24, 2.45) is 5.92 Å². The van der Waals surface area contributed by atoms with Crippen molar-refractivity contribution < 1.29 is 9.53 Å². The fourth-order valence-corrected chi connectivity index (χ4v) is 2.98. The van der Waals surface area contributed by atoms with Crippen LogP contribution in [0, 0.1) is 5.92 Å². The lowest BCUT2D eigenvalue weighted by atomic mass is 9.99. The first kappa shape index (κ1) is 17.8. The number of esters is 1. The van der Waals surface area contributed by atoms with E-state index in [2.05, 4.69) is 19.2 Å². The summed E-state index contributed by atoms with van der Waals surface area (Å²) in [5.74, 6) is 2.78. The largest absolute Gasteiger partial charge is 0.465 e. The number of carbonyl (C=O) groups is 1. The summed E-state index contributed by atoms with van der Waals surface area (Å²) in [6.45, 7) is 11.5. The first-order chi connectivity index (χ1) is 8.50. The van der Waals surface area contributed by atoms with E-state index in [1.165, 1.54) is 12.2 Å². The number of carbonyl (C=O) groups excluding carboxylic acids is 1. The quantitative estimate of drug-likeness (QED) is 0.491. The van der Waals surface area contributed by atoms with Crippen LogP contribution in [0.25, 0.3) is 0 Å². The van der Waals surface area contributed by atoms with Crippen molar-refractivity contribution in [2.45, 2.75) is 53.0 Å². The summed E-state index contributed by atoms with van der Waals surface area (Å²) >= 11 is 1.93. The van der Waals surface area contributed by atoms with Crippen LogP contribution in [0.2, 0.25) is 0 Å². The van der Waals surface area contributed by atoms with Crippen LogP contribution in [0.5, 0.6) is 0 Å². The van der Waals surface area contributed by atoms with Gasteiger partial charge < -0.3 is 10.1 Å². The van der Waals surface area contributed by atoms with Gasteiger partial charge in [0.1, 0.15) is 5.54 Å². The van der Waals surface area contributed by atoms with Crippen LogP contribution in [-0.4, -0.2) is 36.2 Å². The molecule has 0 aliphatic rings. The van der Waals surface area contributed by atoms with Crippen molar-refractivity contribution in [2.75, 3.05) is 24.7 Å². The van der Waals surface area contributed by atoms with Gasteiger partial charge in [-0.1, -0.05) is 27.2 Å². The molecule has 108 valence electrons. The van der Waals surface area contributed by atoms with Gasteiger partial charge in [-0.05, 0) is 44.2 Å². The minimum absolute atomic E-state index is 0.129. The number of rotatable bonds is 10. The molecule has 0 rings (SSSR count). The van der Waals surface area contributed by atoms with Crippen LogP contribution in [0.1, 0.15) is 47.5 Å². The summed E-state index contributed by atoms with van der Waals surface area (Å²) in [7, 11) is 0. The Labute approximate surface area is 116 Å². The number of hydrogen-bond donors (Lipinski definition) is 1. The topological polar surface area (TPSA) is 38.3 Å². The predicted molar refractivity (Wildman–Crippen MR) is 80.1 cm³/mol. The molecule has 3 nitrogen and oxygen atoms in total. The van der Waals surface area contributed by atoms with Gasteiger partial charge in [-0.25, -0.2) is 0 Å². The molecule has 0 aromatic carbocycles. The van der Waals surface area contributed by atoms with Crippen molar-refractivity contribution >= 4 is 17.7 Å². The molecular formula is C14H29NO2S. The monoisotopic (exact) mass is 275 g/mol. The molecule has 0 aromatic rings. The second kappa shape index (κ2) is 9.68. The van der Waals surface area contributed by atoms with Crippen LogP contribution >= 0.6 is 11.8 Å². The average molecular weight is 275 g/mol. The Balaban J connectivity index is 4.14. The zero-order valence-corrected chi connectivity index (χ0v) is 13.4. The molecule has 0 aromatic heterocycles. The van der Waals surface area contributed by atoms with Crippen molar-refractivity contribution in [3.05, 3.63) is 0 Å². The Morgan fingerprint density at radius 2 is 2.06 bits per heavy atom. The van der Waals surface area contributed by atoms with E-state index < -0.39 is 5.54 Å². The SMILES string of the molecule is CCNC(C)(CCSCC(C)CC)C(=O)OCC. The van der Waals surface area contributed by atoms with Gasteiger partial charge in [0.2, 0.25) is 0 Å². The minimum atomic E-state index is -0.535. The number of likely N-dealkylation sites (N-methyl/N-ethyl adjacent to an activating group) is 1. The molecule has 0 saturated heterocycles. The molecule has 0 amide bonds. The molecule has 0 aliphatic heterocycles. The van der Waals surface area contributed by atoms with Gasteiger partial charge >= 0.3 is 5.97 Å². The fraction of sp³-hybridized carbons (Fsp3) is 0.929. The van der Waals surface area contributed by atoms with E-state index in [4.69, 9.17) is 4.74 Å². The Hall–Kier alpha value is -0.220. The molecule has 4 heteroatoms. The van der Waals surface area contributed by atoms with Crippen LogP contribution in [0.4, 0.5) is 0 Å². The van der Waals surface area contributed by atoms with Gasteiger partial charge in [-0.3, -0.25) is 4.79 Å². The van der Waals surface area contributed by atoms with Crippen LogP contribution < -0.4 is 5.32 Å². The average Bonchev–Trinajstić information content (AvgIpc) is 2.35. The van der Waals surface area contributed by atoms with E-state index in [9.17, 15) is 4.79 Å². The number of thioether (sulfide) groups is 1. The lowest BCUT2D eigenvalue weighted by Crippen LogP contribution is -2.50. The summed E-state index contributed by atoms with van der Waals surface area (Å²) in [4.78, 5) is 11.9. The Morgan fingerprint density at radius 1 is 1.39 bits per heavy atom. The molecule has 0 saturated carbocycles. The van der Waals surface area contributed by atoms with Crippen LogP contribution in [0.15, 0.2) is 0 Å². The Morgan fingerprint density at radius 3 is 2.56 bits per heavy atom. The maximum atomic E-state index is 11.9. The van der Waals surface area contributed by atoms with Gasteiger partial charge in [-0.2, -0.15) is 11.8 Å². The Bertz CT molecular complexity index is 236. The second-order valence-electron chi connectivity index (χ2n) is 4.92. The highest BCUT2D eigenvalue weighted by Crippen LogP contribution is 2.19. The summed E-state index contributed by atoms with van der Waals surface area (Å²) in [5, 5.41) is 3.26. The van der Waals surface area contributed by atoms with Gasteiger partial charge in [-0.15, -0.1) is 0 Å². The molecule has 0 spiro atoms. The Kier molecular flexibility index (Phi) is 9.56. The summed E-state index contributed by atoms with van der Waals surface area (Å²) < 4.78 is 5.15. The second-order valence-corrected chi connectivity index (χ2v) is 6.07. The standard InChI is InChI=1S/C14H29NO2S/c1-6-12(4)11-18-10-9-14(5,15-7-2)13(16)17-8-3/h12,15H,6-11H2,1-5H3. The van der Waals surface area contributed by atoms with Crippen molar-refractivity contribution in [1.29, 1.82) is 0 Å². The number of ether oxygens (including phenoxy) is 1. The van der Waals surface area contributed by atoms with E-state index in [1.807, 2.05) is 32.5 Å². The van der Waals surface area contributed by atoms with E-state index in [-0.39, 0.29) is 5.97 Å². The minimum Gasteiger partial charge on any atom is -0.465 e. The van der Waals surface area contributed by atoms with Crippen LogP contribution in [0.3, 0.4) is 0 Å². The third-order valence-electron chi connectivity index (χ3n) is 3.14. The van der Waals surface area contributed by atoms with Gasteiger partial charge in [0.15, 0.2) is 0 Å². The van der Waals surface area contributed by atoms with Crippen LogP contribution in [-0.2, 0) is 9.53 Å². The molecule has 1 N–H and O–H groups in total. The van der Waals surface area contributed by atoms with E-state index in [0.717, 1.165) is 24.6 Å².